The first kappa shape index (κ1) is 10.9. The predicted molar refractivity (Wildman–Crippen MR) is 75.2 cm³/mol. The molecule has 3 nitrogen and oxygen atoms in total. The van der Waals surface area contributed by atoms with Crippen LogP contribution in [0.3, 0.4) is 0 Å². The van der Waals surface area contributed by atoms with E-state index in [2.05, 4.69) is 27.5 Å². The van der Waals surface area contributed by atoms with Gasteiger partial charge in [-0.1, -0.05) is 6.07 Å². The van der Waals surface area contributed by atoms with Crippen molar-refractivity contribution in [1.82, 2.24) is 9.97 Å². The summed E-state index contributed by atoms with van der Waals surface area (Å²) >= 11 is 1.68. The number of hydrogen-bond donors (Lipinski definition) is 1. The molecule has 3 heterocycles. The number of pyridine rings is 2. The third-order valence-electron chi connectivity index (χ3n) is 2.64. The summed E-state index contributed by atoms with van der Waals surface area (Å²) in [6, 6.07) is 8.06. The maximum absolute atomic E-state index is 5.75. The Morgan fingerprint density at radius 3 is 2.61 bits per heavy atom. The molecule has 0 radical (unpaired) electrons. The first-order valence-electron chi connectivity index (χ1n) is 5.53. The number of rotatable bonds is 2. The lowest BCUT2D eigenvalue weighted by molar-refractivity contribution is 1.33. The maximum Gasteiger partial charge on any atom is 0.0507 e. The Balaban J connectivity index is 2.00. The summed E-state index contributed by atoms with van der Waals surface area (Å²) in [5.41, 5.74) is 9.78. The molecule has 0 atom stereocenters. The van der Waals surface area contributed by atoms with Crippen LogP contribution < -0.4 is 5.73 Å². The zero-order chi connectivity index (χ0) is 12.4. The minimum Gasteiger partial charge on any atom is -0.397 e. The van der Waals surface area contributed by atoms with Gasteiger partial charge in [-0.25, -0.2) is 0 Å². The average Bonchev–Trinajstić information content (AvgIpc) is 2.89. The van der Waals surface area contributed by atoms with Crippen molar-refractivity contribution in [2.75, 3.05) is 5.73 Å². The van der Waals surface area contributed by atoms with Gasteiger partial charge in [0.2, 0.25) is 0 Å². The van der Waals surface area contributed by atoms with Crippen LogP contribution in [0.2, 0.25) is 0 Å². The molecule has 0 aromatic carbocycles. The smallest absolute Gasteiger partial charge is 0.0507 e. The summed E-state index contributed by atoms with van der Waals surface area (Å²) in [6.45, 7) is 0. The van der Waals surface area contributed by atoms with Crippen molar-refractivity contribution in [1.29, 1.82) is 0 Å². The second-order valence-corrected chi connectivity index (χ2v) is 4.86. The Hall–Kier alpha value is -2.20. The van der Waals surface area contributed by atoms with E-state index in [1.807, 2.05) is 24.5 Å². The molecule has 0 aliphatic heterocycles. The second kappa shape index (κ2) is 4.58. The van der Waals surface area contributed by atoms with E-state index in [0.29, 0.717) is 5.69 Å². The summed E-state index contributed by atoms with van der Waals surface area (Å²) in [7, 11) is 0. The van der Waals surface area contributed by atoms with E-state index in [-0.39, 0.29) is 0 Å². The summed E-state index contributed by atoms with van der Waals surface area (Å²) in [5.74, 6) is 0. The third-order valence-corrected chi connectivity index (χ3v) is 3.62. The summed E-state index contributed by atoms with van der Waals surface area (Å²) in [6.07, 6.45) is 7.12. The Bertz CT molecular complexity index is 662. The molecule has 4 heteroatoms. The number of nitrogen functional groups attached to an aromatic ring is 1. The topological polar surface area (TPSA) is 51.8 Å². The van der Waals surface area contributed by atoms with E-state index < -0.39 is 0 Å². The fourth-order valence-electron chi connectivity index (χ4n) is 1.76. The number of nitrogens with zero attached hydrogens (tertiary/aromatic N) is 2. The normalized spacial score (nSPS) is 10.4. The average molecular weight is 253 g/mol. The number of aromatic nitrogens is 2. The number of hydrogen-bond acceptors (Lipinski definition) is 4. The van der Waals surface area contributed by atoms with Gasteiger partial charge in [-0.05, 0) is 29.1 Å². The van der Waals surface area contributed by atoms with E-state index in [1.165, 1.54) is 5.56 Å². The van der Waals surface area contributed by atoms with E-state index >= 15 is 0 Å². The number of anilines is 1. The van der Waals surface area contributed by atoms with Gasteiger partial charge in [0.25, 0.3) is 0 Å². The Morgan fingerprint density at radius 1 is 0.944 bits per heavy atom. The van der Waals surface area contributed by atoms with Gasteiger partial charge >= 0.3 is 0 Å². The zero-order valence-electron chi connectivity index (χ0n) is 9.58. The largest absolute Gasteiger partial charge is 0.397 e. The standard InChI is InChI=1S/C14H11N3S/c15-13-4-11(7-17-8-13)14-5-12(9-18-14)10-2-1-3-16-6-10/h1-9H,15H2. The molecule has 0 amide bonds. The molecule has 3 rings (SSSR count). The minimum absolute atomic E-state index is 0.684. The van der Waals surface area contributed by atoms with Gasteiger partial charge < -0.3 is 5.73 Å². The van der Waals surface area contributed by atoms with Crippen LogP contribution >= 0.6 is 11.3 Å². The lowest BCUT2D eigenvalue weighted by Gasteiger charge is -1.98. The summed E-state index contributed by atoms with van der Waals surface area (Å²) in [5, 5.41) is 2.12. The molecule has 3 aromatic heterocycles. The van der Waals surface area contributed by atoms with Crippen molar-refractivity contribution >= 4 is 17.0 Å². The van der Waals surface area contributed by atoms with Crippen molar-refractivity contribution < 1.29 is 0 Å². The predicted octanol–water partition coefficient (Wildman–Crippen LogP) is 3.45. The molecule has 0 saturated heterocycles. The van der Waals surface area contributed by atoms with E-state index in [0.717, 1.165) is 16.0 Å². The summed E-state index contributed by atoms with van der Waals surface area (Å²) < 4.78 is 0. The highest BCUT2D eigenvalue weighted by atomic mass is 32.1. The molecule has 0 aliphatic rings. The molecule has 0 fully saturated rings. The minimum atomic E-state index is 0.684. The fourth-order valence-corrected chi connectivity index (χ4v) is 2.67. The van der Waals surface area contributed by atoms with Gasteiger partial charge in [-0.3, -0.25) is 9.97 Å². The van der Waals surface area contributed by atoms with Crippen molar-refractivity contribution in [3.05, 3.63) is 54.4 Å². The van der Waals surface area contributed by atoms with Gasteiger partial charge in [-0.15, -0.1) is 11.3 Å². The molecular formula is C14H11N3S. The highest BCUT2D eigenvalue weighted by Gasteiger charge is 2.05. The van der Waals surface area contributed by atoms with Gasteiger partial charge in [-0.2, -0.15) is 0 Å². The molecular weight excluding hydrogens is 242 g/mol. The Kier molecular flexibility index (Phi) is 2.78. The van der Waals surface area contributed by atoms with Crippen molar-refractivity contribution in [2.45, 2.75) is 0 Å². The molecule has 0 bridgehead atoms. The third kappa shape index (κ3) is 2.10. The lowest BCUT2D eigenvalue weighted by atomic mass is 10.1. The highest BCUT2D eigenvalue weighted by Crippen LogP contribution is 2.32. The molecule has 0 unspecified atom stereocenters. The molecule has 0 saturated carbocycles. The van der Waals surface area contributed by atoms with Crippen LogP contribution in [0.15, 0.2) is 54.4 Å². The van der Waals surface area contributed by atoms with Crippen molar-refractivity contribution in [2.24, 2.45) is 0 Å². The highest BCUT2D eigenvalue weighted by molar-refractivity contribution is 7.14. The van der Waals surface area contributed by atoms with Gasteiger partial charge in [0, 0.05) is 40.8 Å². The van der Waals surface area contributed by atoms with E-state index in [4.69, 9.17) is 5.73 Å². The van der Waals surface area contributed by atoms with Crippen LogP contribution in [0.1, 0.15) is 0 Å². The number of nitrogens with two attached hydrogens (primary N) is 1. The van der Waals surface area contributed by atoms with Gasteiger partial charge in [0.15, 0.2) is 0 Å². The van der Waals surface area contributed by atoms with Crippen LogP contribution in [0.25, 0.3) is 21.6 Å². The fraction of sp³-hybridized carbons (Fsp3) is 0. The van der Waals surface area contributed by atoms with Crippen LogP contribution in [0, 0.1) is 0 Å². The SMILES string of the molecule is Nc1cncc(-c2cc(-c3cccnc3)cs2)c1. The number of thiophene rings is 1. The van der Waals surface area contributed by atoms with E-state index in [9.17, 15) is 0 Å². The molecule has 88 valence electrons. The Labute approximate surface area is 109 Å². The molecule has 0 spiro atoms. The van der Waals surface area contributed by atoms with Crippen molar-refractivity contribution in [3.63, 3.8) is 0 Å². The van der Waals surface area contributed by atoms with E-state index in [1.54, 1.807) is 23.7 Å². The van der Waals surface area contributed by atoms with Crippen LogP contribution in [-0.2, 0) is 0 Å². The Morgan fingerprint density at radius 2 is 1.83 bits per heavy atom. The molecule has 0 aliphatic carbocycles. The van der Waals surface area contributed by atoms with Crippen LogP contribution in [0.5, 0.6) is 0 Å². The zero-order valence-corrected chi connectivity index (χ0v) is 10.4. The lowest BCUT2D eigenvalue weighted by Crippen LogP contribution is -1.86. The molecule has 18 heavy (non-hydrogen) atoms. The first-order chi connectivity index (χ1) is 8.83. The van der Waals surface area contributed by atoms with Gasteiger partial charge in [0.1, 0.15) is 0 Å². The van der Waals surface area contributed by atoms with Crippen LogP contribution in [-0.4, -0.2) is 9.97 Å². The molecule has 3 aromatic rings. The monoisotopic (exact) mass is 253 g/mol. The second-order valence-electron chi connectivity index (χ2n) is 3.95. The molecule has 2 N–H and O–H groups in total. The maximum atomic E-state index is 5.75. The summed E-state index contributed by atoms with van der Waals surface area (Å²) in [4.78, 5) is 9.40. The first-order valence-corrected chi connectivity index (χ1v) is 6.41. The quantitative estimate of drug-likeness (QED) is 0.761. The van der Waals surface area contributed by atoms with Crippen molar-refractivity contribution in [3.8, 4) is 21.6 Å². The van der Waals surface area contributed by atoms with Gasteiger partial charge in [0.05, 0.1) is 5.69 Å². The van der Waals surface area contributed by atoms with Crippen LogP contribution in [0.4, 0.5) is 5.69 Å².